The molecule has 4 rings (SSSR count). The van der Waals surface area contributed by atoms with E-state index in [1.165, 1.54) is 6.20 Å². The van der Waals surface area contributed by atoms with E-state index < -0.39 is 11.8 Å². The molecule has 2 aliphatic rings. The predicted octanol–water partition coefficient (Wildman–Crippen LogP) is 2.20. The van der Waals surface area contributed by atoms with Crippen LogP contribution in [0.25, 0.3) is 0 Å². The summed E-state index contributed by atoms with van der Waals surface area (Å²) in [5, 5.41) is 5.43. The number of carbonyl (C=O) groups excluding carboxylic acids is 3. The molecule has 0 spiro atoms. The zero-order valence-electron chi connectivity index (χ0n) is 17.5. The Morgan fingerprint density at radius 3 is 2.87 bits per heavy atom. The predicted molar refractivity (Wildman–Crippen MR) is 116 cm³/mol. The van der Waals surface area contributed by atoms with Gasteiger partial charge in [-0.2, -0.15) is 0 Å². The first kappa shape index (κ1) is 20.8. The van der Waals surface area contributed by atoms with Crippen molar-refractivity contribution in [1.29, 1.82) is 0 Å². The SMILES string of the molecule is CCc1cc(NC(=O)C(=O)N2CCCC[C@H]2c2cnc3c(c2)CCC(=O)N3)cnc1N. The van der Waals surface area contributed by atoms with Gasteiger partial charge in [0.15, 0.2) is 0 Å². The fraction of sp³-hybridized carbons (Fsp3) is 0.409. The third-order valence-corrected chi connectivity index (χ3v) is 5.85. The lowest BCUT2D eigenvalue weighted by Crippen LogP contribution is -2.44. The fourth-order valence-corrected chi connectivity index (χ4v) is 4.17. The number of amides is 3. The number of hydrogen-bond donors (Lipinski definition) is 3. The van der Waals surface area contributed by atoms with Crippen LogP contribution in [-0.2, 0) is 27.2 Å². The molecule has 31 heavy (non-hydrogen) atoms. The van der Waals surface area contributed by atoms with Crippen LogP contribution in [-0.4, -0.2) is 39.1 Å². The number of pyridine rings is 2. The number of carbonyl (C=O) groups is 3. The van der Waals surface area contributed by atoms with Crippen LogP contribution in [0.5, 0.6) is 0 Å². The quantitative estimate of drug-likeness (QED) is 0.650. The molecule has 162 valence electrons. The average molecular weight is 422 g/mol. The van der Waals surface area contributed by atoms with E-state index in [0.717, 1.165) is 36.0 Å². The number of nitrogens with one attached hydrogen (secondary N) is 2. The highest BCUT2D eigenvalue weighted by molar-refractivity contribution is 6.39. The molecule has 0 aromatic carbocycles. The average Bonchev–Trinajstić information content (AvgIpc) is 2.79. The highest BCUT2D eigenvalue weighted by Crippen LogP contribution is 2.33. The lowest BCUT2D eigenvalue weighted by molar-refractivity contribution is -0.145. The molecule has 4 N–H and O–H groups in total. The van der Waals surface area contributed by atoms with Crippen LogP contribution in [0.3, 0.4) is 0 Å². The number of nitrogen functional groups attached to an aromatic ring is 1. The van der Waals surface area contributed by atoms with Crippen molar-refractivity contribution in [2.75, 3.05) is 22.9 Å². The van der Waals surface area contributed by atoms with Crippen LogP contribution in [0, 0.1) is 0 Å². The molecular weight excluding hydrogens is 396 g/mol. The minimum absolute atomic E-state index is 0.0396. The first-order valence-corrected chi connectivity index (χ1v) is 10.6. The summed E-state index contributed by atoms with van der Waals surface area (Å²) in [4.78, 5) is 47.4. The molecule has 0 saturated carbocycles. The summed E-state index contributed by atoms with van der Waals surface area (Å²) in [5.74, 6) is -0.320. The molecule has 3 amide bonds. The molecule has 2 aliphatic heterocycles. The number of aromatic nitrogens is 2. The van der Waals surface area contributed by atoms with Crippen LogP contribution in [0.4, 0.5) is 17.3 Å². The van der Waals surface area contributed by atoms with Crippen LogP contribution in [0.2, 0.25) is 0 Å². The van der Waals surface area contributed by atoms with Crippen molar-refractivity contribution in [3.05, 3.63) is 41.2 Å². The van der Waals surface area contributed by atoms with Crippen LogP contribution in [0.1, 0.15) is 55.3 Å². The van der Waals surface area contributed by atoms with Gasteiger partial charge in [-0.05, 0) is 60.9 Å². The lowest BCUT2D eigenvalue weighted by Gasteiger charge is -2.35. The molecule has 9 heteroatoms. The summed E-state index contributed by atoms with van der Waals surface area (Å²) in [6, 6.07) is 3.51. The van der Waals surface area contributed by atoms with E-state index in [1.807, 2.05) is 13.0 Å². The molecule has 2 aromatic heterocycles. The minimum Gasteiger partial charge on any atom is -0.383 e. The van der Waals surface area contributed by atoms with Crippen molar-refractivity contribution >= 4 is 35.0 Å². The Morgan fingerprint density at radius 1 is 1.23 bits per heavy atom. The Balaban J connectivity index is 1.52. The molecule has 1 fully saturated rings. The number of piperidine rings is 1. The second-order valence-electron chi connectivity index (χ2n) is 7.91. The van der Waals surface area contributed by atoms with E-state index in [1.54, 1.807) is 17.2 Å². The normalized spacial score (nSPS) is 18.2. The standard InChI is InChI=1S/C22H26N6O3/c1-2-13-10-16(12-24-19(13)23)26-21(30)22(31)28-8-4-3-5-17(28)15-9-14-6-7-18(29)27-20(14)25-11-15/h9-12,17H,2-8H2,1H3,(H2,23,24)(H,26,30)(H,25,27,29)/t17-/m0/s1. The summed E-state index contributed by atoms with van der Waals surface area (Å²) in [6.45, 7) is 2.45. The van der Waals surface area contributed by atoms with Gasteiger partial charge >= 0.3 is 11.8 Å². The number of anilines is 3. The Kier molecular flexibility index (Phi) is 5.83. The van der Waals surface area contributed by atoms with E-state index in [2.05, 4.69) is 20.6 Å². The van der Waals surface area contributed by atoms with Crippen molar-refractivity contribution in [3.8, 4) is 0 Å². The van der Waals surface area contributed by atoms with Gasteiger partial charge in [0.25, 0.3) is 0 Å². The molecule has 1 atom stereocenters. The van der Waals surface area contributed by atoms with E-state index in [0.29, 0.717) is 43.1 Å². The Hall–Kier alpha value is -3.49. The first-order chi connectivity index (χ1) is 15.0. The van der Waals surface area contributed by atoms with Crippen LogP contribution in [0.15, 0.2) is 24.5 Å². The van der Waals surface area contributed by atoms with Crippen molar-refractivity contribution in [3.63, 3.8) is 0 Å². The van der Waals surface area contributed by atoms with Gasteiger partial charge in [0, 0.05) is 19.2 Å². The van der Waals surface area contributed by atoms with Gasteiger partial charge in [-0.1, -0.05) is 6.92 Å². The summed E-state index contributed by atoms with van der Waals surface area (Å²) in [5.41, 5.74) is 8.92. The van der Waals surface area contributed by atoms with Gasteiger partial charge in [0.1, 0.15) is 11.6 Å². The van der Waals surface area contributed by atoms with Crippen molar-refractivity contribution in [2.45, 2.75) is 51.5 Å². The maximum Gasteiger partial charge on any atom is 0.313 e. The number of aryl methyl sites for hydroxylation is 2. The van der Waals surface area contributed by atoms with Gasteiger partial charge in [0.2, 0.25) is 5.91 Å². The number of nitrogens with zero attached hydrogens (tertiary/aromatic N) is 3. The highest BCUT2D eigenvalue weighted by Gasteiger charge is 2.32. The lowest BCUT2D eigenvalue weighted by atomic mass is 9.94. The molecule has 2 aromatic rings. The van der Waals surface area contributed by atoms with E-state index in [-0.39, 0.29) is 11.9 Å². The molecule has 0 unspecified atom stereocenters. The summed E-state index contributed by atoms with van der Waals surface area (Å²) in [6.07, 6.45) is 7.42. The summed E-state index contributed by atoms with van der Waals surface area (Å²) >= 11 is 0. The zero-order chi connectivity index (χ0) is 22.0. The third kappa shape index (κ3) is 4.35. The zero-order valence-corrected chi connectivity index (χ0v) is 17.5. The van der Waals surface area contributed by atoms with E-state index in [9.17, 15) is 14.4 Å². The fourth-order valence-electron chi connectivity index (χ4n) is 4.17. The van der Waals surface area contributed by atoms with Gasteiger partial charge in [-0.25, -0.2) is 9.97 Å². The van der Waals surface area contributed by atoms with Gasteiger partial charge in [-0.3, -0.25) is 14.4 Å². The largest absolute Gasteiger partial charge is 0.383 e. The molecule has 1 saturated heterocycles. The topological polar surface area (TPSA) is 130 Å². The van der Waals surface area contributed by atoms with Crippen LogP contribution >= 0.6 is 0 Å². The number of likely N-dealkylation sites (tertiary alicyclic amines) is 1. The first-order valence-electron chi connectivity index (χ1n) is 10.6. The van der Waals surface area contributed by atoms with Crippen LogP contribution < -0.4 is 16.4 Å². The minimum atomic E-state index is -0.696. The summed E-state index contributed by atoms with van der Waals surface area (Å²) < 4.78 is 0. The summed E-state index contributed by atoms with van der Waals surface area (Å²) in [7, 11) is 0. The monoisotopic (exact) mass is 422 g/mol. The molecule has 0 radical (unpaired) electrons. The molecule has 4 heterocycles. The Labute approximate surface area is 180 Å². The molecule has 0 bridgehead atoms. The number of nitrogens with two attached hydrogens (primary N) is 1. The van der Waals surface area contributed by atoms with Crippen molar-refractivity contribution in [1.82, 2.24) is 14.9 Å². The number of hydrogen-bond acceptors (Lipinski definition) is 6. The van der Waals surface area contributed by atoms with Gasteiger partial charge < -0.3 is 21.3 Å². The smallest absolute Gasteiger partial charge is 0.313 e. The van der Waals surface area contributed by atoms with Crippen molar-refractivity contribution in [2.24, 2.45) is 0 Å². The van der Waals surface area contributed by atoms with Crippen molar-refractivity contribution < 1.29 is 14.4 Å². The molecule has 9 nitrogen and oxygen atoms in total. The van der Waals surface area contributed by atoms with Gasteiger partial charge in [-0.15, -0.1) is 0 Å². The Bertz CT molecular complexity index is 1040. The maximum atomic E-state index is 13.0. The highest BCUT2D eigenvalue weighted by atomic mass is 16.2. The van der Waals surface area contributed by atoms with E-state index >= 15 is 0 Å². The molecule has 0 aliphatic carbocycles. The number of fused-ring (bicyclic) bond motifs is 1. The third-order valence-electron chi connectivity index (χ3n) is 5.85. The van der Waals surface area contributed by atoms with E-state index in [4.69, 9.17) is 5.73 Å². The maximum absolute atomic E-state index is 13.0. The second-order valence-corrected chi connectivity index (χ2v) is 7.91. The van der Waals surface area contributed by atoms with Gasteiger partial charge in [0.05, 0.1) is 17.9 Å². The second kappa shape index (κ2) is 8.71. The number of rotatable bonds is 3. The molecular formula is C22H26N6O3. The Morgan fingerprint density at radius 2 is 2.06 bits per heavy atom.